The van der Waals surface area contributed by atoms with Gasteiger partial charge >= 0.3 is 0 Å². The van der Waals surface area contributed by atoms with Crippen LogP contribution in [-0.4, -0.2) is 54.4 Å². The first-order valence-corrected chi connectivity index (χ1v) is 11.1. The van der Waals surface area contributed by atoms with Crippen molar-refractivity contribution < 1.29 is 17.9 Å². The largest absolute Gasteiger partial charge is 0.491 e. The average molecular weight is 431 g/mol. The number of sulfonamides is 1. The van der Waals surface area contributed by atoms with E-state index in [-0.39, 0.29) is 10.9 Å². The summed E-state index contributed by atoms with van der Waals surface area (Å²) < 4.78 is 39.9. The van der Waals surface area contributed by atoms with Crippen LogP contribution < -0.4 is 4.74 Å². The van der Waals surface area contributed by atoms with Crippen LogP contribution in [-0.2, 0) is 14.8 Å². The minimum atomic E-state index is -3.66. The molecule has 1 atom stereocenters. The SMILES string of the molecule is CCOCCOc1ccc(S(=O)(=O)N(C)C(C)c2ccc(-n3cncn3)cc2)cc1. The lowest BCUT2D eigenvalue weighted by Gasteiger charge is -2.25. The van der Waals surface area contributed by atoms with Crippen molar-refractivity contribution in [1.82, 2.24) is 19.1 Å². The summed E-state index contributed by atoms with van der Waals surface area (Å²) in [6.45, 7) is 5.32. The third-order valence-electron chi connectivity index (χ3n) is 4.81. The Bertz CT molecular complexity index is 1020. The van der Waals surface area contributed by atoms with Crippen LogP contribution in [0.5, 0.6) is 5.75 Å². The third-order valence-corrected chi connectivity index (χ3v) is 6.75. The average Bonchev–Trinajstić information content (AvgIpc) is 3.31. The molecule has 2 aromatic carbocycles. The summed E-state index contributed by atoms with van der Waals surface area (Å²) in [5, 5.41) is 4.09. The Morgan fingerprint density at radius 3 is 2.37 bits per heavy atom. The first-order valence-electron chi connectivity index (χ1n) is 9.67. The number of ether oxygens (including phenoxy) is 2. The van der Waals surface area contributed by atoms with Gasteiger partial charge in [0.1, 0.15) is 25.0 Å². The van der Waals surface area contributed by atoms with E-state index in [2.05, 4.69) is 10.1 Å². The predicted molar refractivity (Wildman–Crippen MR) is 113 cm³/mol. The van der Waals surface area contributed by atoms with Crippen molar-refractivity contribution in [2.24, 2.45) is 0 Å². The fourth-order valence-electron chi connectivity index (χ4n) is 2.90. The topological polar surface area (TPSA) is 86.5 Å². The fraction of sp³-hybridized carbons (Fsp3) is 0.333. The Kier molecular flexibility index (Phi) is 7.20. The minimum Gasteiger partial charge on any atom is -0.491 e. The zero-order valence-electron chi connectivity index (χ0n) is 17.3. The van der Waals surface area contributed by atoms with Crippen LogP contribution in [0.25, 0.3) is 5.69 Å². The van der Waals surface area contributed by atoms with E-state index in [1.165, 1.54) is 10.6 Å². The summed E-state index contributed by atoms with van der Waals surface area (Å²) in [6.07, 6.45) is 3.07. The van der Waals surface area contributed by atoms with Gasteiger partial charge in [-0.15, -0.1) is 0 Å². The van der Waals surface area contributed by atoms with E-state index < -0.39 is 10.0 Å². The number of aromatic nitrogens is 3. The maximum absolute atomic E-state index is 13.1. The number of benzene rings is 2. The standard InChI is InChI=1S/C21H26N4O4S/c1-4-28-13-14-29-20-9-11-21(12-10-20)30(26,27)24(3)17(2)18-5-7-19(8-6-18)25-16-22-15-23-25/h5-12,15-17H,4,13-14H2,1-3H3. The summed E-state index contributed by atoms with van der Waals surface area (Å²) in [7, 11) is -2.08. The van der Waals surface area contributed by atoms with Gasteiger partial charge in [-0.2, -0.15) is 9.40 Å². The maximum Gasteiger partial charge on any atom is 0.243 e. The highest BCUT2D eigenvalue weighted by molar-refractivity contribution is 7.89. The van der Waals surface area contributed by atoms with E-state index in [1.54, 1.807) is 42.3 Å². The Hall–Kier alpha value is -2.75. The van der Waals surface area contributed by atoms with Crippen LogP contribution >= 0.6 is 0 Å². The third kappa shape index (κ3) is 5.05. The molecule has 1 unspecified atom stereocenters. The molecule has 30 heavy (non-hydrogen) atoms. The molecule has 3 aromatic rings. The van der Waals surface area contributed by atoms with Gasteiger partial charge in [-0.25, -0.2) is 18.1 Å². The lowest BCUT2D eigenvalue weighted by molar-refractivity contribution is 0.110. The smallest absolute Gasteiger partial charge is 0.243 e. The van der Waals surface area contributed by atoms with Gasteiger partial charge in [-0.05, 0) is 55.8 Å². The summed E-state index contributed by atoms with van der Waals surface area (Å²) in [4.78, 5) is 4.15. The number of rotatable bonds is 10. The van der Waals surface area contributed by atoms with Crippen molar-refractivity contribution in [2.45, 2.75) is 24.8 Å². The summed E-state index contributed by atoms with van der Waals surface area (Å²) in [5.74, 6) is 0.605. The molecule has 0 bridgehead atoms. The van der Waals surface area contributed by atoms with Gasteiger partial charge in [0.2, 0.25) is 10.0 Å². The van der Waals surface area contributed by atoms with Crippen molar-refractivity contribution in [3.63, 3.8) is 0 Å². The molecule has 1 aromatic heterocycles. The van der Waals surface area contributed by atoms with Crippen molar-refractivity contribution in [3.8, 4) is 11.4 Å². The van der Waals surface area contributed by atoms with E-state index in [1.807, 2.05) is 38.1 Å². The zero-order valence-corrected chi connectivity index (χ0v) is 18.1. The van der Waals surface area contributed by atoms with Gasteiger partial charge in [-0.3, -0.25) is 0 Å². The molecule has 0 saturated carbocycles. The van der Waals surface area contributed by atoms with E-state index >= 15 is 0 Å². The van der Waals surface area contributed by atoms with Gasteiger partial charge < -0.3 is 9.47 Å². The Morgan fingerprint density at radius 1 is 1.07 bits per heavy atom. The molecule has 0 radical (unpaired) electrons. The first-order chi connectivity index (χ1) is 14.4. The van der Waals surface area contributed by atoms with E-state index in [9.17, 15) is 8.42 Å². The molecule has 0 amide bonds. The predicted octanol–water partition coefficient (Wildman–Crippen LogP) is 3.06. The fourth-order valence-corrected chi connectivity index (χ4v) is 4.25. The molecule has 1 heterocycles. The van der Waals surface area contributed by atoms with E-state index in [0.29, 0.717) is 25.6 Å². The Labute approximate surface area is 177 Å². The van der Waals surface area contributed by atoms with Gasteiger partial charge in [0.25, 0.3) is 0 Å². The highest BCUT2D eigenvalue weighted by atomic mass is 32.2. The molecule has 0 aliphatic heterocycles. The van der Waals surface area contributed by atoms with E-state index in [0.717, 1.165) is 11.3 Å². The van der Waals surface area contributed by atoms with Gasteiger partial charge in [-0.1, -0.05) is 12.1 Å². The molecule has 0 spiro atoms. The van der Waals surface area contributed by atoms with Crippen molar-refractivity contribution in [2.75, 3.05) is 26.9 Å². The molecular formula is C21H26N4O4S. The molecule has 0 saturated heterocycles. The molecule has 0 aliphatic rings. The number of hydrogen-bond acceptors (Lipinski definition) is 6. The van der Waals surface area contributed by atoms with Crippen molar-refractivity contribution in [1.29, 1.82) is 0 Å². The Morgan fingerprint density at radius 2 is 1.77 bits per heavy atom. The lowest BCUT2D eigenvalue weighted by Crippen LogP contribution is -2.29. The quantitative estimate of drug-likeness (QED) is 0.460. The van der Waals surface area contributed by atoms with Crippen molar-refractivity contribution >= 4 is 10.0 Å². The summed E-state index contributed by atoms with van der Waals surface area (Å²) in [5.41, 5.74) is 1.73. The monoisotopic (exact) mass is 430 g/mol. The molecule has 160 valence electrons. The van der Waals surface area contributed by atoms with Crippen molar-refractivity contribution in [3.05, 3.63) is 66.7 Å². The summed E-state index contributed by atoms with van der Waals surface area (Å²) >= 11 is 0. The van der Waals surface area contributed by atoms with Gasteiger partial charge in [0.05, 0.1) is 17.2 Å². The van der Waals surface area contributed by atoms with E-state index in [4.69, 9.17) is 9.47 Å². The molecule has 0 N–H and O–H groups in total. The number of nitrogens with zero attached hydrogens (tertiary/aromatic N) is 4. The Balaban J connectivity index is 1.69. The van der Waals surface area contributed by atoms with Gasteiger partial charge in [0.15, 0.2) is 0 Å². The second kappa shape index (κ2) is 9.84. The van der Waals surface area contributed by atoms with Crippen LogP contribution in [0, 0.1) is 0 Å². The molecule has 8 nitrogen and oxygen atoms in total. The normalized spacial score (nSPS) is 12.8. The van der Waals surface area contributed by atoms with Crippen LogP contribution in [0.4, 0.5) is 0 Å². The minimum absolute atomic E-state index is 0.216. The number of hydrogen-bond donors (Lipinski definition) is 0. The van der Waals surface area contributed by atoms with Crippen LogP contribution in [0.15, 0.2) is 66.1 Å². The van der Waals surface area contributed by atoms with Crippen LogP contribution in [0.1, 0.15) is 25.5 Å². The zero-order chi connectivity index (χ0) is 21.6. The van der Waals surface area contributed by atoms with Gasteiger partial charge in [0, 0.05) is 19.7 Å². The molecule has 0 aliphatic carbocycles. The molecule has 3 rings (SSSR count). The lowest BCUT2D eigenvalue weighted by atomic mass is 10.1. The second-order valence-corrected chi connectivity index (χ2v) is 8.64. The highest BCUT2D eigenvalue weighted by Crippen LogP contribution is 2.27. The first kappa shape index (κ1) is 21.9. The maximum atomic E-state index is 13.1. The second-order valence-electron chi connectivity index (χ2n) is 6.65. The van der Waals surface area contributed by atoms with Crippen LogP contribution in [0.2, 0.25) is 0 Å². The highest BCUT2D eigenvalue weighted by Gasteiger charge is 2.26. The molecule has 0 fully saturated rings. The van der Waals surface area contributed by atoms with Crippen LogP contribution in [0.3, 0.4) is 0 Å². The molecule has 9 heteroatoms. The summed E-state index contributed by atoms with van der Waals surface area (Å²) in [6, 6.07) is 13.6. The molecular weight excluding hydrogens is 404 g/mol.